The van der Waals surface area contributed by atoms with Gasteiger partial charge in [-0.3, -0.25) is 0 Å². The fourth-order valence-electron chi connectivity index (χ4n) is 5.09. The van der Waals surface area contributed by atoms with Gasteiger partial charge in [0.25, 0.3) is 0 Å². The Balaban J connectivity index is 1.18. The van der Waals surface area contributed by atoms with Crippen LogP contribution >= 0.6 is 0 Å². The molecule has 4 rings (SSSR count). The number of piperidine rings is 1. The third kappa shape index (κ3) is 7.06. The minimum absolute atomic E-state index is 0.328. The zero-order chi connectivity index (χ0) is 22.0. The number of nitrogens with one attached hydrogen (secondary N) is 1. The predicted molar refractivity (Wildman–Crippen MR) is 133 cm³/mol. The van der Waals surface area contributed by atoms with Gasteiger partial charge in [-0.05, 0) is 75.8 Å². The highest BCUT2D eigenvalue weighted by Crippen LogP contribution is 2.24. The SMILES string of the molecule is CC(CN1CCC(Oc2ccccc2CNCCCN2CCCC2)CC1)c1ccccc1. The van der Waals surface area contributed by atoms with Crippen LogP contribution in [0.1, 0.15) is 56.1 Å². The minimum atomic E-state index is 0.328. The molecule has 0 radical (unpaired) electrons. The van der Waals surface area contributed by atoms with Crippen LogP contribution in [-0.2, 0) is 6.54 Å². The molecule has 2 aromatic carbocycles. The smallest absolute Gasteiger partial charge is 0.124 e. The lowest BCUT2D eigenvalue weighted by Crippen LogP contribution is -2.40. The Morgan fingerprint density at radius 1 is 0.906 bits per heavy atom. The van der Waals surface area contributed by atoms with Gasteiger partial charge in [-0.2, -0.15) is 0 Å². The Labute approximate surface area is 194 Å². The topological polar surface area (TPSA) is 27.7 Å². The molecule has 0 aromatic heterocycles. The summed E-state index contributed by atoms with van der Waals surface area (Å²) in [6.45, 7) is 11.5. The van der Waals surface area contributed by atoms with Crippen molar-refractivity contribution in [3.8, 4) is 5.75 Å². The van der Waals surface area contributed by atoms with Crippen molar-refractivity contribution < 1.29 is 4.74 Å². The van der Waals surface area contributed by atoms with Crippen molar-refractivity contribution in [2.45, 2.75) is 57.6 Å². The summed E-state index contributed by atoms with van der Waals surface area (Å²) < 4.78 is 6.49. The first kappa shape index (κ1) is 23.3. The zero-order valence-electron chi connectivity index (χ0n) is 19.8. The highest BCUT2D eigenvalue weighted by atomic mass is 16.5. The van der Waals surface area contributed by atoms with Gasteiger partial charge < -0.3 is 19.9 Å². The third-order valence-corrected chi connectivity index (χ3v) is 7.04. The third-order valence-electron chi connectivity index (χ3n) is 7.04. The van der Waals surface area contributed by atoms with Crippen LogP contribution in [0.15, 0.2) is 54.6 Å². The van der Waals surface area contributed by atoms with Crippen LogP contribution in [-0.4, -0.2) is 61.7 Å². The maximum atomic E-state index is 6.49. The summed E-state index contributed by atoms with van der Waals surface area (Å²) in [5.41, 5.74) is 2.72. The van der Waals surface area contributed by atoms with E-state index in [2.05, 4.69) is 76.6 Å². The minimum Gasteiger partial charge on any atom is -0.490 e. The molecule has 2 fully saturated rings. The summed E-state index contributed by atoms with van der Waals surface area (Å²) in [4.78, 5) is 5.19. The van der Waals surface area contributed by atoms with Crippen molar-refractivity contribution >= 4 is 0 Å². The van der Waals surface area contributed by atoms with E-state index in [9.17, 15) is 0 Å². The van der Waals surface area contributed by atoms with Gasteiger partial charge in [0.2, 0.25) is 0 Å². The molecule has 174 valence electrons. The first-order valence-electron chi connectivity index (χ1n) is 12.7. The summed E-state index contributed by atoms with van der Waals surface area (Å²) in [6, 6.07) is 19.5. The molecule has 32 heavy (non-hydrogen) atoms. The fourth-order valence-corrected chi connectivity index (χ4v) is 5.09. The van der Waals surface area contributed by atoms with Crippen LogP contribution in [0.2, 0.25) is 0 Å². The van der Waals surface area contributed by atoms with Gasteiger partial charge in [0.1, 0.15) is 11.9 Å². The van der Waals surface area contributed by atoms with E-state index in [1.54, 1.807) is 0 Å². The van der Waals surface area contributed by atoms with Crippen LogP contribution < -0.4 is 10.1 Å². The second-order valence-corrected chi connectivity index (χ2v) is 9.62. The van der Waals surface area contributed by atoms with Gasteiger partial charge in [-0.1, -0.05) is 55.5 Å². The lowest BCUT2D eigenvalue weighted by Gasteiger charge is -2.34. The first-order valence-corrected chi connectivity index (χ1v) is 12.7. The molecule has 0 spiro atoms. The van der Waals surface area contributed by atoms with E-state index in [0.29, 0.717) is 12.0 Å². The normalized spacial score (nSPS) is 19.3. The molecule has 2 saturated heterocycles. The summed E-state index contributed by atoms with van der Waals surface area (Å²) in [6.07, 6.45) is 6.53. The maximum absolute atomic E-state index is 6.49. The van der Waals surface area contributed by atoms with Gasteiger partial charge in [-0.15, -0.1) is 0 Å². The number of rotatable bonds is 11. The van der Waals surface area contributed by atoms with Gasteiger partial charge in [0.05, 0.1) is 0 Å². The number of hydrogen-bond donors (Lipinski definition) is 1. The van der Waals surface area contributed by atoms with Gasteiger partial charge in [0, 0.05) is 31.7 Å². The van der Waals surface area contributed by atoms with Crippen LogP contribution in [0.25, 0.3) is 0 Å². The van der Waals surface area contributed by atoms with E-state index in [1.165, 1.54) is 50.0 Å². The van der Waals surface area contributed by atoms with Crippen molar-refractivity contribution in [2.75, 3.05) is 45.8 Å². The van der Waals surface area contributed by atoms with Crippen molar-refractivity contribution in [1.29, 1.82) is 0 Å². The molecule has 1 unspecified atom stereocenters. The summed E-state index contributed by atoms with van der Waals surface area (Å²) in [7, 11) is 0. The van der Waals surface area contributed by atoms with Crippen molar-refractivity contribution in [1.82, 2.24) is 15.1 Å². The average Bonchev–Trinajstić information content (AvgIpc) is 3.35. The highest BCUT2D eigenvalue weighted by Gasteiger charge is 2.22. The molecular weight excluding hydrogens is 394 g/mol. The molecule has 2 aliphatic heterocycles. The van der Waals surface area contributed by atoms with Crippen LogP contribution in [0.3, 0.4) is 0 Å². The molecule has 4 nitrogen and oxygen atoms in total. The van der Waals surface area contributed by atoms with E-state index >= 15 is 0 Å². The number of hydrogen-bond acceptors (Lipinski definition) is 4. The summed E-state index contributed by atoms with van der Waals surface area (Å²) in [5.74, 6) is 1.64. The number of benzene rings is 2. The molecule has 0 amide bonds. The molecule has 1 atom stereocenters. The Morgan fingerprint density at radius 2 is 1.62 bits per heavy atom. The molecule has 0 saturated carbocycles. The molecule has 0 bridgehead atoms. The highest BCUT2D eigenvalue weighted by molar-refractivity contribution is 5.33. The van der Waals surface area contributed by atoms with Gasteiger partial charge in [0.15, 0.2) is 0 Å². The Bertz CT molecular complexity index is 782. The van der Waals surface area contributed by atoms with Gasteiger partial charge >= 0.3 is 0 Å². The van der Waals surface area contributed by atoms with Gasteiger partial charge in [-0.25, -0.2) is 0 Å². The molecule has 2 aliphatic rings. The number of para-hydroxylation sites is 1. The fraction of sp³-hybridized carbons (Fsp3) is 0.571. The lowest BCUT2D eigenvalue weighted by molar-refractivity contribution is 0.0969. The molecular formula is C28H41N3O. The molecule has 2 aromatic rings. The van der Waals surface area contributed by atoms with E-state index in [4.69, 9.17) is 4.74 Å². The van der Waals surface area contributed by atoms with E-state index in [-0.39, 0.29) is 0 Å². The number of likely N-dealkylation sites (tertiary alicyclic amines) is 2. The standard InChI is InChI=1S/C28H41N3O/c1-24(25-10-3-2-4-11-25)23-31-20-14-27(15-21-31)32-28-13-6-5-12-26(28)22-29-16-9-19-30-17-7-8-18-30/h2-6,10-13,24,27,29H,7-9,14-23H2,1H3. The Morgan fingerprint density at radius 3 is 2.41 bits per heavy atom. The Hall–Kier alpha value is -1.88. The Kier molecular flexibility index (Phi) is 9.01. The van der Waals surface area contributed by atoms with Crippen LogP contribution in [0, 0.1) is 0 Å². The van der Waals surface area contributed by atoms with Crippen molar-refractivity contribution in [3.63, 3.8) is 0 Å². The second kappa shape index (κ2) is 12.4. The second-order valence-electron chi connectivity index (χ2n) is 9.62. The monoisotopic (exact) mass is 435 g/mol. The molecule has 4 heteroatoms. The molecule has 0 aliphatic carbocycles. The quantitative estimate of drug-likeness (QED) is 0.508. The van der Waals surface area contributed by atoms with E-state index in [0.717, 1.165) is 51.3 Å². The number of nitrogens with zero attached hydrogens (tertiary/aromatic N) is 2. The van der Waals surface area contributed by atoms with Crippen molar-refractivity contribution in [3.05, 3.63) is 65.7 Å². The average molecular weight is 436 g/mol. The van der Waals surface area contributed by atoms with E-state index in [1.807, 2.05) is 0 Å². The largest absolute Gasteiger partial charge is 0.490 e. The molecule has 2 heterocycles. The summed E-state index contributed by atoms with van der Waals surface area (Å²) in [5, 5.41) is 3.63. The van der Waals surface area contributed by atoms with Crippen LogP contribution in [0.5, 0.6) is 5.75 Å². The van der Waals surface area contributed by atoms with E-state index < -0.39 is 0 Å². The summed E-state index contributed by atoms with van der Waals surface area (Å²) >= 11 is 0. The van der Waals surface area contributed by atoms with Crippen molar-refractivity contribution in [2.24, 2.45) is 0 Å². The lowest BCUT2D eigenvalue weighted by atomic mass is 9.99. The first-order chi connectivity index (χ1) is 15.8. The van der Waals surface area contributed by atoms with Crippen LogP contribution in [0.4, 0.5) is 0 Å². The molecule has 1 N–H and O–H groups in total. The predicted octanol–water partition coefficient (Wildman–Crippen LogP) is 4.91. The zero-order valence-corrected chi connectivity index (χ0v) is 19.8. The number of ether oxygens (including phenoxy) is 1. The maximum Gasteiger partial charge on any atom is 0.124 e.